The number of hydrogen-bond acceptors (Lipinski definition) is 5. The minimum atomic E-state index is -4.27. The minimum Gasteiger partial charge on any atom is -0.253 e. The van der Waals surface area contributed by atoms with Crippen LogP contribution >= 0.6 is 27.3 Å². The number of rotatable bonds is 4. The molecule has 2 rings (SSSR count). The van der Waals surface area contributed by atoms with Crippen LogP contribution < -0.4 is 4.72 Å². The molecule has 114 valence electrons. The molecule has 0 saturated heterocycles. The maximum Gasteiger partial charge on any atom is 0.266 e. The lowest BCUT2D eigenvalue weighted by Crippen LogP contribution is -2.15. The van der Waals surface area contributed by atoms with Crippen LogP contribution in [-0.2, 0) is 10.0 Å². The molecule has 1 N–H and O–H groups in total. The zero-order valence-corrected chi connectivity index (χ0v) is 14.1. The second-order valence-corrected chi connectivity index (χ2v) is 7.92. The topological polar surface area (TPSA) is 72.0 Å². The highest BCUT2D eigenvalue weighted by atomic mass is 79.9. The van der Waals surface area contributed by atoms with Gasteiger partial charge in [0.15, 0.2) is 0 Å². The van der Waals surface area contributed by atoms with Crippen LogP contribution in [0.5, 0.6) is 0 Å². The summed E-state index contributed by atoms with van der Waals surface area (Å²) in [5.74, 6) is -1.86. The molecule has 0 unspecified atom stereocenters. The second kappa shape index (κ2) is 5.93. The van der Waals surface area contributed by atoms with Crippen molar-refractivity contribution in [3.63, 3.8) is 0 Å². The first-order valence-corrected chi connectivity index (χ1v) is 8.80. The van der Waals surface area contributed by atoms with E-state index in [0.29, 0.717) is 11.1 Å². The number of aromatic nitrogens is 2. The summed E-state index contributed by atoms with van der Waals surface area (Å²) in [6, 6.07) is 1.36. The van der Waals surface area contributed by atoms with Gasteiger partial charge in [0.05, 0.1) is 4.47 Å². The van der Waals surface area contributed by atoms with Crippen LogP contribution in [0.3, 0.4) is 0 Å². The third-order valence-electron chi connectivity index (χ3n) is 2.42. The Morgan fingerprint density at radius 1 is 1.24 bits per heavy atom. The van der Waals surface area contributed by atoms with Crippen LogP contribution in [0.1, 0.15) is 24.8 Å². The van der Waals surface area contributed by atoms with Crippen LogP contribution in [0.2, 0.25) is 0 Å². The van der Waals surface area contributed by atoms with Crippen molar-refractivity contribution in [3.8, 4) is 0 Å². The predicted molar refractivity (Wildman–Crippen MR) is 78.9 cm³/mol. The zero-order chi connectivity index (χ0) is 15.8. The molecule has 0 fully saturated rings. The molecule has 1 aromatic heterocycles. The molecular weight excluding hydrogens is 388 g/mol. The van der Waals surface area contributed by atoms with E-state index in [4.69, 9.17) is 0 Å². The highest BCUT2D eigenvalue weighted by Gasteiger charge is 2.23. The van der Waals surface area contributed by atoms with Gasteiger partial charge in [0.25, 0.3) is 10.0 Å². The lowest BCUT2D eigenvalue weighted by Gasteiger charge is -2.06. The Bertz CT molecular complexity index is 778. The molecule has 0 saturated carbocycles. The number of nitrogens with zero attached hydrogens (tertiary/aromatic N) is 2. The third kappa shape index (κ3) is 3.55. The first-order chi connectivity index (χ1) is 9.70. The van der Waals surface area contributed by atoms with Crippen LogP contribution in [0.25, 0.3) is 0 Å². The van der Waals surface area contributed by atoms with Crippen molar-refractivity contribution >= 4 is 42.4 Å². The molecule has 10 heteroatoms. The maximum atomic E-state index is 13.7. The summed E-state index contributed by atoms with van der Waals surface area (Å²) in [5, 5.41) is 8.12. The van der Waals surface area contributed by atoms with Crippen LogP contribution in [0.4, 0.5) is 13.9 Å². The molecule has 0 atom stereocenters. The van der Waals surface area contributed by atoms with Gasteiger partial charge >= 0.3 is 0 Å². The Labute approximate surface area is 132 Å². The summed E-state index contributed by atoms with van der Waals surface area (Å²) < 4.78 is 53.2. The number of hydrogen-bond donors (Lipinski definition) is 1. The number of anilines is 1. The average molecular weight is 398 g/mol. The number of halogens is 3. The van der Waals surface area contributed by atoms with Crippen LogP contribution in [-0.4, -0.2) is 18.6 Å². The van der Waals surface area contributed by atoms with Gasteiger partial charge in [-0.1, -0.05) is 25.2 Å². The molecule has 5 nitrogen and oxygen atoms in total. The van der Waals surface area contributed by atoms with E-state index in [1.165, 1.54) is 0 Å². The lowest BCUT2D eigenvalue weighted by atomic mass is 10.2. The van der Waals surface area contributed by atoms with Crippen molar-refractivity contribution in [2.24, 2.45) is 0 Å². The van der Waals surface area contributed by atoms with Crippen molar-refractivity contribution in [1.82, 2.24) is 10.2 Å². The smallest absolute Gasteiger partial charge is 0.253 e. The van der Waals surface area contributed by atoms with Gasteiger partial charge in [-0.15, -0.1) is 10.2 Å². The van der Waals surface area contributed by atoms with E-state index >= 15 is 0 Å². The van der Waals surface area contributed by atoms with E-state index < -0.39 is 26.6 Å². The first-order valence-electron chi connectivity index (χ1n) is 5.71. The van der Waals surface area contributed by atoms with E-state index in [-0.39, 0.29) is 15.5 Å². The van der Waals surface area contributed by atoms with Gasteiger partial charge in [-0.05, 0) is 28.1 Å². The lowest BCUT2D eigenvalue weighted by molar-refractivity contribution is 0.552. The molecule has 0 aliphatic carbocycles. The SMILES string of the molecule is CC(C)c1nnc(NS(=O)(=O)c2cc(F)c(Br)cc2F)s1. The van der Waals surface area contributed by atoms with Crippen molar-refractivity contribution < 1.29 is 17.2 Å². The number of benzene rings is 1. The van der Waals surface area contributed by atoms with E-state index in [1.807, 2.05) is 13.8 Å². The fourth-order valence-electron chi connectivity index (χ4n) is 1.39. The monoisotopic (exact) mass is 397 g/mol. The second-order valence-electron chi connectivity index (χ2n) is 4.40. The fourth-order valence-corrected chi connectivity index (χ4v) is 3.75. The Balaban J connectivity index is 2.36. The first kappa shape index (κ1) is 16.2. The highest BCUT2D eigenvalue weighted by Crippen LogP contribution is 2.27. The molecule has 1 heterocycles. The summed E-state index contributed by atoms with van der Waals surface area (Å²) in [5.41, 5.74) is 0. The third-order valence-corrected chi connectivity index (χ3v) is 5.65. The van der Waals surface area contributed by atoms with Gasteiger partial charge in [0.2, 0.25) is 5.13 Å². The standard InChI is InChI=1S/C11H10BrF2N3O2S2/c1-5(2)10-15-16-11(20-10)17-21(18,19)9-4-7(13)6(12)3-8(9)14/h3-5H,1-2H3,(H,16,17). The number of nitrogens with one attached hydrogen (secondary N) is 1. The van der Waals surface area contributed by atoms with E-state index in [2.05, 4.69) is 30.8 Å². The molecular formula is C11H10BrF2N3O2S2. The Kier molecular flexibility index (Phi) is 4.59. The summed E-state index contributed by atoms with van der Waals surface area (Å²) in [4.78, 5) is -0.788. The molecule has 0 spiro atoms. The van der Waals surface area contributed by atoms with Gasteiger partial charge in [-0.2, -0.15) is 0 Å². The molecule has 0 amide bonds. The highest BCUT2D eigenvalue weighted by molar-refractivity contribution is 9.10. The minimum absolute atomic E-state index is 0.00132. The molecule has 1 aromatic carbocycles. The van der Waals surface area contributed by atoms with Gasteiger partial charge in [0, 0.05) is 5.92 Å². The quantitative estimate of drug-likeness (QED) is 0.801. The summed E-state index contributed by atoms with van der Waals surface area (Å²) in [6.07, 6.45) is 0. The molecule has 0 radical (unpaired) electrons. The fraction of sp³-hybridized carbons (Fsp3) is 0.273. The molecule has 0 aliphatic rings. The van der Waals surface area contributed by atoms with Gasteiger partial charge < -0.3 is 0 Å². The average Bonchev–Trinajstić information content (AvgIpc) is 2.81. The van der Waals surface area contributed by atoms with Crippen molar-refractivity contribution in [2.75, 3.05) is 4.72 Å². The molecule has 21 heavy (non-hydrogen) atoms. The summed E-state index contributed by atoms with van der Waals surface area (Å²) >= 11 is 3.82. The van der Waals surface area contributed by atoms with E-state index in [9.17, 15) is 17.2 Å². The summed E-state index contributed by atoms with van der Waals surface area (Å²) in [6.45, 7) is 3.76. The molecule has 2 aromatic rings. The predicted octanol–water partition coefficient (Wildman–Crippen LogP) is 3.50. The Hall–Kier alpha value is -1.13. The maximum absolute atomic E-state index is 13.7. The molecule has 0 aliphatic heterocycles. The van der Waals surface area contributed by atoms with E-state index in [1.54, 1.807) is 0 Å². The molecule has 0 bridgehead atoms. The number of sulfonamides is 1. The van der Waals surface area contributed by atoms with E-state index in [0.717, 1.165) is 17.4 Å². The van der Waals surface area contributed by atoms with Crippen LogP contribution in [0.15, 0.2) is 21.5 Å². The van der Waals surface area contributed by atoms with Gasteiger partial charge in [-0.3, -0.25) is 4.72 Å². The van der Waals surface area contributed by atoms with Gasteiger partial charge in [-0.25, -0.2) is 17.2 Å². The van der Waals surface area contributed by atoms with Gasteiger partial charge in [0.1, 0.15) is 21.5 Å². The Morgan fingerprint density at radius 3 is 2.48 bits per heavy atom. The zero-order valence-electron chi connectivity index (χ0n) is 10.9. The van der Waals surface area contributed by atoms with Crippen molar-refractivity contribution in [2.45, 2.75) is 24.7 Å². The largest absolute Gasteiger partial charge is 0.266 e. The van der Waals surface area contributed by atoms with Crippen LogP contribution in [0, 0.1) is 11.6 Å². The Morgan fingerprint density at radius 2 is 1.90 bits per heavy atom. The normalized spacial score (nSPS) is 11.9. The van der Waals surface area contributed by atoms with Crippen molar-refractivity contribution in [3.05, 3.63) is 33.2 Å². The summed E-state index contributed by atoms with van der Waals surface area (Å²) in [7, 11) is -4.27. The van der Waals surface area contributed by atoms with Crippen molar-refractivity contribution in [1.29, 1.82) is 0 Å².